The van der Waals surface area contributed by atoms with E-state index in [2.05, 4.69) is 5.29 Å². The minimum Gasteiger partial charge on any atom is -0.389 e. The second-order valence-electron chi connectivity index (χ2n) is 2.87. The summed E-state index contributed by atoms with van der Waals surface area (Å²) in [6, 6.07) is 7.01. The molecule has 1 N–H and O–H groups in total. The van der Waals surface area contributed by atoms with E-state index in [9.17, 15) is 10.0 Å². The summed E-state index contributed by atoms with van der Waals surface area (Å²) in [5.41, 5.74) is 1.53. The first-order chi connectivity index (χ1) is 6.15. The average molecular weight is 180 g/mol. The number of benzene rings is 1. The highest BCUT2D eigenvalue weighted by atomic mass is 16.3. The molecular formula is C9H12N2O2. The summed E-state index contributed by atoms with van der Waals surface area (Å²) in [5, 5.41) is 13.2. The molecule has 1 unspecified atom stereocenters. The van der Waals surface area contributed by atoms with Crippen LogP contribution in [-0.4, -0.2) is 12.2 Å². The Morgan fingerprint density at radius 1 is 1.38 bits per heavy atom. The van der Waals surface area contributed by atoms with Gasteiger partial charge >= 0.3 is 0 Å². The first-order valence-corrected chi connectivity index (χ1v) is 4.00. The molecule has 0 aliphatic heterocycles. The summed E-state index contributed by atoms with van der Waals surface area (Å²) in [6.07, 6.45) is -0.483. The molecule has 0 aromatic heterocycles. The third-order valence-corrected chi connectivity index (χ3v) is 1.87. The second-order valence-corrected chi connectivity index (χ2v) is 2.87. The van der Waals surface area contributed by atoms with Gasteiger partial charge in [-0.05, 0) is 24.6 Å². The Balaban J connectivity index is 2.87. The number of nitrogens with zero attached hydrogens (tertiary/aromatic N) is 2. The topological polar surface area (TPSA) is 52.9 Å². The van der Waals surface area contributed by atoms with E-state index < -0.39 is 6.10 Å². The third kappa shape index (κ3) is 2.26. The van der Waals surface area contributed by atoms with Crippen LogP contribution in [0, 0.1) is 4.91 Å². The fourth-order valence-electron chi connectivity index (χ4n) is 1.02. The smallest absolute Gasteiger partial charge is 0.0761 e. The van der Waals surface area contributed by atoms with Crippen LogP contribution in [-0.2, 0) is 0 Å². The van der Waals surface area contributed by atoms with Crippen molar-refractivity contribution in [3.05, 3.63) is 34.7 Å². The number of anilines is 1. The lowest BCUT2D eigenvalue weighted by Gasteiger charge is -2.10. The molecule has 0 aliphatic rings. The van der Waals surface area contributed by atoms with Crippen molar-refractivity contribution in [3.63, 3.8) is 0 Å². The maximum Gasteiger partial charge on any atom is 0.0761 e. The zero-order chi connectivity index (χ0) is 9.84. The van der Waals surface area contributed by atoms with Gasteiger partial charge in [-0.2, -0.15) is 0 Å². The van der Waals surface area contributed by atoms with E-state index >= 15 is 0 Å². The van der Waals surface area contributed by atoms with Crippen molar-refractivity contribution in [1.82, 2.24) is 0 Å². The first kappa shape index (κ1) is 9.67. The van der Waals surface area contributed by atoms with E-state index in [0.717, 1.165) is 5.56 Å². The van der Waals surface area contributed by atoms with Gasteiger partial charge in [-0.1, -0.05) is 12.1 Å². The Bertz CT molecular complexity index is 282. The molecule has 0 spiro atoms. The predicted octanol–water partition coefficient (Wildman–Crippen LogP) is 1.86. The summed E-state index contributed by atoms with van der Waals surface area (Å²) >= 11 is 0. The lowest BCUT2D eigenvalue weighted by molar-refractivity contribution is 0.199. The van der Waals surface area contributed by atoms with Crippen LogP contribution in [0.5, 0.6) is 0 Å². The monoisotopic (exact) mass is 180 g/mol. The molecule has 13 heavy (non-hydrogen) atoms. The van der Waals surface area contributed by atoms with Crippen molar-refractivity contribution in [3.8, 4) is 0 Å². The lowest BCUT2D eigenvalue weighted by Crippen LogP contribution is -2.06. The van der Waals surface area contributed by atoms with Crippen molar-refractivity contribution in [1.29, 1.82) is 0 Å². The number of hydrogen-bond donors (Lipinski definition) is 1. The van der Waals surface area contributed by atoms with Crippen LogP contribution in [0.4, 0.5) is 5.69 Å². The highest BCUT2D eigenvalue weighted by Crippen LogP contribution is 2.17. The largest absolute Gasteiger partial charge is 0.389 e. The Kier molecular flexibility index (Phi) is 2.97. The van der Waals surface area contributed by atoms with Gasteiger partial charge in [0.05, 0.1) is 17.1 Å². The van der Waals surface area contributed by atoms with E-state index in [0.29, 0.717) is 5.69 Å². The van der Waals surface area contributed by atoms with Gasteiger partial charge in [0.25, 0.3) is 0 Å². The molecule has 0 bridgehead atoms. The summed E-state index contributed by atoms with van der Waals surface area (Å²) in [4.78, 5) is 10.2. The zero-order valence-electron chi connectivity index (χ0n) is 7.64. The van der Waals surface area contributed by atoms with Crippen molar-refractivity contribution < 1.29 is 5.11 Å². The van der Waals surface area contributed by atoms with Gasteiger partial charge in [-0.3, -0.25) is 0 Å². The SMILES string of the molecule is CC(O)c1ccc(N(C)N=O)cc1. The molecule has 0 radical (unpaired) electrons. The summed E-state index contributed by atoms with van der Waals surface area (Å²) in [5.74, 6) is 0. The van der Waals surface area contributed by atoms with Crippen LogP contribution in [0.3, 0.4) is 0 Å². The van der Waals surface area contributed by atoms with E-state index in [4.69, 9.17) is 0 Å². The maximum atomic E-state index is 10.2. The molecule has 70 valence electrons. The molecule has 1 aromatic carbocycles. The number of hydrogen-bond acceptors (Lipinski definition) is 3. The molecule has 0 saturated carbocycles. The van der Waals surface area contributed by atoms with Crippen molar-refractivity contribution in [2.24, 2.45) is 5.29 Å². The molecule has 0 saturated heterocycles. The zero-order valence-corrected chi connectivity index (χ0v) is 7.64. The van der Waals surface area contributed by atoms with Crippen LogP contribution in [0.2, 0.25) is 0 Å². The molecule has 4 heteroatoms. The minimum absolute atomic E-state index is 0.483. The van der Waals surface area contributed by atoms with Crippen LogP contribution in [0.25, 0.3) is 0 Å². The van der Waals surface area contributed by atoms with Gasteiger partial charge in [-0.15, -0.1) is 4.91 Å². The van der Waals surface area contributed by atoms with E-state index in [1.165, 1.54) is 5.01 Å². The molecule has 1 atom stereocenters. The Hall–Kier alpha value is -1.42. The summed E-state index contributed by atoms with van der Waals surface area (Å²) in [6.45, 7) is 1.69. The molecule has 0 aliphatic carbocycles. The Morgan fingerprint density at radius 2 is 1.92 bits per heavy atom. The van der Waals surface area contributed by atoms with E-state index in [-0.39, 0.29) is 0 Å². The van der Waals surface area contributed by atoms with Crippen LogP contribution in [0.15, 0.2) is 29.6 Å². The number of nitroso groups, excluding NO2 is 1. The minimum atomic E-state index is -0.483. The standard InChI is InChI=1S/C9H12N2O2/c1-7(12)8-3-5-9(6-4-8)11(2)10-13/h3-7,12H,1-2H3. The van der Waals surface area contributed by atoms with Crippen LogP contribution in [0.1, 0.15) is 18.6 Å². The summed E-state index contributed by atoms with van der Waals surface area (Å²) < 4.78 is 0. The van der Waals surface area contributed by atoms with E-state index in [1.807, 2.05) is 0 Å². The number of rotatable bonds is 3. The number of aliphatic hydroxyl groups excluding tert-OH is 1. The summed E-state index contributed by atoms with van der Waals surface area (Å²) in [7, 11) is 1.57. The fourth-order valence-corrected chi connectivity index (χ4v) is 1.02. The van der Waals surface area contributed by atoms with Crippen molar-refractivity contribution in [2.75, 3.05) is 12.1 Å². The molecule has 1 aromatic rings. The van der Waals surface area contributed by atoms with Gasteiger partial charge in [0.1, 0.15) is 0 Å². The third-order valence-electron chi connectivity index (χ3n) is 1.87. The molecule has 1 rings (SSSR count). The normalized spacial score (nSPS) is 12.2. The van der Waals surface area contributed by atoms with Crippen LogP contribution >= 0.6 is 0 Å². The Labute approximate surface area is 76.7 Å². The number of aliphatic hydroxyl groups is 1. The molecule has 0 amide bonds. The molecule has 0 heterocycles. The van der Waals surface area contributed by atoms with E-state index in [1.54, 1.807) is 38.2 Å². The molecule has 4 nitrogen and oxygen atoms in total. The maximum absolute atomic E-state index is 10.2. The van der Waals surface area contributed by atoms with Crippen molar-refractivity contribution >= 4 is 5.69 Å². The van der Waals surface area contributed by atoms with Gasteiger partial charge in [0, 0.05) is 7.05 Å². The average Bonchev–Trinajstić information content (AvgIpc) is 2.17. The highest BCUT2D eigenvalue weighted by Gasteiger charge is 2.02. The Morgan fingerprint density at radius 3 is 2.31 bits per heavy atom. The fraction of sp³-hybridized carbons (Fsp3) is 0.333. The van der Waals surface area contributed by atoms with Gasteiger partial charge < -0.3 is 5.11 Å². The molecule has 0 fully saturated rings. The lowest BCUT2D eigenvalue weighted by atomic mass is 10.1. The predicted molar refractivity (Wildman–Crippen MR) is 51.3 cm³/mol. The quantitative estimate of drug-likeness (QED) is 0.570. The van der Waals surface area contributed by atoms with Gasteiger partial charge in [-0.25, -0.2) is 5.01 Å². The second kappa shape index (κ2) is 4.00. The van der Waals surface area contributed by atoms with Gasteiger partial charge in [0.15, 0.2) is 0 Å². The first-order valence-electron chi connectivity index (χ1n) is 4.00. The highest BCUT2D eigenvalue weighted by molar-refractivity contribution is 5.46. The van der Waals surface area contributed by atoms with Crippen molar-refractivity contribution in [2.45, 2.75) is 13.0 Å². The van der Waals surface area contributed by atoms with Crippen LogP contribution < -0.4 is 5.01 Å². The molecular weight excluding hydrogens is 168 g/mol. The van der Waals surface area contributed by atoms with Gasteiger partial charge in [0.2, 0.25) is 0 Å².